The fourth-order valence-electron chi connectivity index (χ4n) is 13.1. The Bertz CT molecular complexity index is 3280. The second kappa shape index (κ2) is 13.8. The lowest BCUT2D eigenvalue weighted by atomic mass is 9.67. The summed E-state index contributed by atoms with van der Waals surface area (Å²) in [5, 5.41) is 2.54. The summed E-state index contributed by atoms with van der Waals surface area (Å²) < 4.78 is 0. The van der Waals surface area contributed by atoms with Crippen molar-refractivity contribution in [2.75, 3.05) is 4.90 Å². The van der Waals surface area contributed by atoms with Crippen LogP contribution in [0.3, 0.4) is 0 Å². The highest BCUT2D eigenvalue weighted by Gasteiger charge is 2.56. The molecule has 0 saturated heterocycles. The van der Waals surface area contributed by atoms with Crippen LogP contribution in [0.4, 0.5) is 17.1 Å². The Morgan fingerprint density at radius 2 is 0.984 bits per heavy atom. The van der Waals surface area contributed by atoms with Gasteiger partial charge in [-0.3, -0.25) is 0 Å². The first-order chi connectivity index (χ1) is 31.0. The van der Waals surface area contributed by atoms with Gasteiger partial charge in [0.25, 0.3) is 0 Å². The Morgan fingerprint density at radius 3 is 1.70 bits per heavy atom. The second-order valence-corrected chi connectivity index (χ2v) is 19.2. The summed E-state index contributed by atoms with van der Waals surface area (Å²) in [6, 6.07) is 75.6. The average molecular weight is 808 g/mol. The molecule has 9 aromatic carbocycles. The summed E-state index contributed by atoms with van der Waals surface area (Å²) in [7, 11) is 0. The summed E-state index contributed by atoms with van der Waals surface area (Å²) >= 11 is 0. The highest BCUT2D eigenvalue weighted by Crippen LogP contribution is 2.66. The third-order valence-electron chi connectivity index (χ3n) is 15.7. The molecule has 1 heteroatoms. The van der Waals surface area contributed by atoms with Crippen LogP contribution in [0.2, 0.25) is 0 Å². The van der Waals surface area contributed by atoms with Gasteiger partial charge in [-0.1, -0.05) is 190 Å². The minimum absolute atomic E-state index is 0.0841. The summed E-state index contributed by atoms with van der Waals surface area (Å²) in [5.74, 6) is 1.50. The number of fused-ring (bicyclic) bond motifs is 12. The number of benzene rings is 9. The van der Waals surface area contributed by atoms with Gasteiger partial charge < -0.3 is 4.90 Å². The van der Waals surface area contributed by atoms with Crippen molar-refractivity contribution >= 4 is 27.8 Å². The molecular weight excluding hydrogens is 759 g/mol. The van der Waals surface area contributed by atoms with Crippen LogP contribution in [0.25, 0.3) is 66.4 Å². The lowest BCUT2D eigenvalue weighted by molar-refractivity contribution is 0.327. The number of hydrogen-bond acceptors (Lipinski definition) is 1. The van der Waals surface area contributed by atoms with Crippen LogP contribution in [0.1, 0.15) is 61.8 Å². The van der Waals surface area contributed by atoms with Crippen molar-refractivity contribution in [1.82, 2.24) is 0 Å². The van der Waals surface area contributed by atoms with Crippen LogP contribution in [0.15, 0.2) is 200 Å². The molecule has 3 unspecified atom stereocenters. The van der Waals surface area contributed by atoms with E-state index < -0.39 is 0 Å². The van der Waals surface area contributed by atoms with Crippen molar-refractivity contribution in [3.63, 3.8) is 0 Å². The molecule has 4 aliphatic rings. The Hall–Kier alpha value is -6.96. The van der Waals surface area contributed by atoms with E-state index in [1.807, 2.05) is 0 Å². The zero-order valence-electron chi connectivity index (χ0n) is 36.0. The van der Waals surface area contributed by atoms with E-state index in [0.717, 1.165) is 11.6 Å². The molecule has 1 nitrogen and oxygen atoms in total. The third-order valence-corrected chi connectivity index (χ3v) is 15.7. The van der Waals surface area contributed by atoms with E-state index in [2.05, 4.69) is 219 Å². The Balaban J connectivity index is 1.01. The number of anilines is 3. The number of nitrogens with zero attached hydrogens (tertiary/aromatic N) is 1. The minimum atomic E-state index is -0.146. The fraction of sp³-hybridized carbons (Fsp3) is 0.161. The molecular formula is C62H49N. The molecule has 0 aromatic heterocycles. The molecule has 1 spiro atoms. The predicted molar refractivity (Wildman–Crippen MR) is 264 cm³/mol. The van der Waals surface area contributed by atoms with Gasteiger partial charge in [-0.25, -0.2) is 0 Å². The zero-order valence-corrected chi connectivity index (χ0v) is 36.0. The van der Waals surface area contributed by atoms with Crippen LogP contribution >= 0.6 is 0 Å². The maximum atomic E-state index is 2.60. The zero-order chi connectivity index (χ0) is 41.9. The van der Waals surface area contributed by atoms with Gasteiger partial charge in [-0.2, -0.15) is 0 Å². The molecule has 2 saturated carbocycles. The van der Waals surface area contributed by atoms with Gasteiger partial charge in [0, 0.05) is 27.8 Å². The van der Waals surface area contributed by atoms with E-state index in [0.29, 0.717) is 5.92 Å². The SMILES string of the molecule is CC1(C)c2ccccc2-c2cccc(-c3ccccc3N(c3ccc(-c4cccc5cccc(-c6ccccc6)c45)cc3)c3ccc4c(c3)C3(CC5CCC3C5)c3ccccc3-4)c21. The smallest absolute Gasteiger partial charge is 0.0540 e. The maximum Gasteiger partial charge on any atom is 0.0540 e. The van der Waals surface area contributed by atoms with Crippen LogP contribution in [0, 0.1) is 11.8 Å². The molecule has 2 fully saturated rings. The molecule has 0 aliphatic heterocycles. The molecule has 302 valence electrons. The molecule has 2 bridgehead atoms. The predicted octanol–water partition coefficient (Wildman–Crippen LogP) is 16.7. The van der Waals surface area contributed by atoms with Crippen LogP contribution < -0.4 is 4.90 Å². The summed E-state index contributed by atoms with van der Waals surface area (Å²) in [5.41, 5.74) is 22.5. The monoisotopic (exact) mass is 807 g/mol. The highest BCUT2D eigenvalue weighted by molar-refractivity contribution is 6.06. The number of rotatable bonds is 6. The number of hydrogen-bond donors (Lipinski definition) is 0. The first kappa shape index (κ1) is 36.7. The standard InChI is InChI=1S/C62H49N/c1-61(2)55-26-9-6-20-50(55)53-24-14-25-54(60(53)61)52-21-8-11-28-58(52)63(46-35-36-51-49-19-7-10-27-56(49)62(57(51)38-46)39-40-29-32-44(62)37-40)45-33-30-42(31-34-45)48-23-13-18-43-17-12-22-47(59(43)48)41-15-4-3-5-16-41/h3-28,30-31,33-36,38,40,44H,29,32,37,39H2,1-2H3. The molecule has 0 N–H and O–H groups in total. The Kier molecular flexibility index (Phi) is 8.02. The van der Waals surface area contributed by atoms with Crippen molar-refractivity contribution in [2.24, 2.45) is 11.8 Å². The fourth-order valence-corrected chi connectivity index (χ4v) is 13.1. The van der Waals surface area contributed by atoms with Gasteiger partial charge in [0.15, 0.2) is 0 Å². The topological polar surface area (TPSA) is 3.24 Å². The molecule has 0 radical (unpaired) electrons. The van der Waals surface area contributed by atoms with Gasteiger partial charge in [-0.05, 0) is 145 Å². The molecule has 3 atom stereocenters. The van der Waals surface area contributed by atoms with Gasteiger partial charge in [0.05, 0.1) is 5.69 Å². The van der Waals surface area contributed by atoms with Crippen molar-refractivity contribution in [2.45, 2.75) is 50.4 Å². The molecule has 4 aliphatic carbocycles. The molecule has 9 aromatic rings. The first-order valence-electron chi connectivity index (χ1n) is 23.0. The van der Waals surface area contributed by atoms with Crippen LogP contribution in [0.5, 0.6) is 0 Å². The molecule has 0 heterocycles. The Labute approximate surface area is 371 Å². The van der Waals surface area contributed by atoms with Gasteiger partial charge in [0.2, 0.25) is 0 Å². The number of para-hydroxylation sites is 1. The van der Waals surface area contributed by atoms with Crippen LogP contribution in [-0.2, 0) is 10.8 Å². The molecule has 13 rings (SSSR count). The largest absolute Gasteiger partial charge is 0.310 e. The van der Waals surface area contributed by atoms with Crippen molar-refractivity contribution in [3.8, 4) is 55.6 Å². The van der Waals surface area contributed by atoms with E-state index in [4.69, 9.17) is 0 Å². The third kappa shape index (κ3) is 5.29. The average Bonchev–Trinajstić information content (AvgIpc) is 4.09. The highest BCUT2D eigenvalue weighted by atomic mass is 15.1. The minimum Gasteiger partial charge on any atom is -0.310 e. The summed E-state index contributed by atoms with van der Waals surface area (Å²) in [6.07, 6.45) is 5.32. The van der Waals surface area contributed by atoms with Crippen molar-refractivity contribution in [1.29, 1.82) is 0 Å². The van der Waals surface area contributed by atoms with Gasteiger partial charge in [-0.15, -0.1) is 0 Å². The van der Waals surface area contributed by atoms with Crippen molar-refractivity contribution < 1.29 is 0 Å². The lowest BCUT2D eigenvalue weighted by Crippen LogP contribution is -2.32. The summed E-state index contributed by atoms with van der Waals surface area (Å²) in [6.45, 7) is 4.81. The summed E-state index contributed by atoms with van der Waals surface area (Å²) in [4.78, 5) is 2.57. The van der Waals surface area contributed by atoms with E-state index in [9.17, 15) is 0 Å². The lowest BCUT2D eigenvalue weighted by Gasteiger charge is -2.37. The van der Waals surface area contributed by atoms with E-state index in [1.165, 1.54) is 120 Å². The Morgan fingerprint density at radius 1 is 0.429 bits per heavy atom. The molecule has 63 heavy (non-hydrogen) atoms. The second-order valence-electron chi connectivity index (χ2n) is 19.2. The van der Waals surface area contributed by atoms with E-state index in [-0.39, 0.29) is 10.8 Å². The maximum absolute atomic E-state index is 2.60. The van der Waals surface area contributed by atoms with E-state index in [1.54, 1.807) is 5.56 Å². The quantitative estimate of drug-likeness (QED) is 0.162. The van der Waals surface area contributed by atoms with Gasteiger partial charge in [0.1, 0.15) is 0 Å². The van der Waals surface area contributed by atoms with E-state index >= 15 is 0 Å². The van der Waals surface area contributed by atoms with Gasteiger partial charge >= 0.3 is 0 Å². The molecule has 0 amide bonds. The first-order valence-corrected chi connectivity index (χ1v) is 23.0. The van der Waals surface area contributed by atoms with Crippen LogP contribution in [-0.4, -0.2) is 0 Å². The normalized spacial score (nSPS) is 19.5. The van der Waals surface area contributed by atoms with Crippen molar-refractivity contribution in [3.05, 3.63) is 222 Å².